The van der Waals surface area contributed by atoms with Crippen LogP contribution < -0.4 is 10.2 Å². The standard InChI is InChI=1S/C14H22N4O2/c1-5-9(3)12-14(20)18(10-7-15-17(4)8-10)11(6-2)13(19)16-12/h7-9,11-12H,5-6H2,1-4H3,(H,16,19). The molecule has 1 aliphatic rings. The average molecular weight is 278 g/mol. The number of rotatable bonds is 4. The molecule has 3 unspecified atom stereocenters. The number of nitrogens with zero attached hydrogens (tertiary/aromatic N) is 3. The van der Waals surface area contributed by atoms with E-state index in [4.69, 9.17) is 0 Å². The van der Waals surface area contributed by atoms with E-state index in [1.165, 1.54) is 0 Å². The monoisotopic (exact) mass is 278 g/mol. The number of aryl methyl sites for hydroxylation is 1. The lowest BCUT2D eigenvalue weighted by atomic mass is 9.93. The summed E-state index contributed by atoms with van der Waals surface area (Å²) in [7, 11) is 1.80. The summed E-state index contributed by atoms with van der Waals surface area (Å²) >= 11 is 0. The van der Waals surface area contributed by atoms with Crippen LogP contribution in [-0.4, -0.2) is 33.7 Å². The Labute approximate surface area is 119 Å². The third kappa shape index (κ3) is 2.42. The van der Waals surface area contributed by atoms with Gasteiger partial charge in [0.05, 0.1) is 11.9 Å². The van der Waals surface area contributed by atoms with Gasteiger partial charge in [-0.05, 0) is 12.3 Å². The number of hydrogen-bond donors (Lipinski definition) is 1. The lowest BCUT2D eigenvalue weighted by molar-refractivity contribution is -0.135. The van der Waals surface area contributed by atoms with Crippen molar-refractivity contribution in [3.63, 3.8) is 0 Å². The van der Waals surface area contributed by atoms with Crippen molar-refractivity contribution in [2.75, 3.05) is 4.90 Å². The quantitative estimate of drug-likeness (QED) is 0.896. The summed E-state index contributed by atoms with van der Waals surface area (Å²) in [5.74, 6) is -0.0107. The summed E-state index contributed by atoms with van der Waals surface area (Å²) in [6, 6.07) is -0.900. The largest absolute Gasteiger partial charge is 0.342 e. The Morgan fingerprint density at radius 2 is 2.10 bits per heavy atom. The third-order valence-electron chi connectivity index (χ3n) is 3.98. The summed E-state index contributed by atoms with van der Waals surface area (Å²) in [6.45, 7) is 5.91. The van der Waals surface area contributed by atoms with Gasteiger partial charge >= 0.3 is 0 Å². The molecule has 0 radical (unpaired) electrons. The van der Waals surface area contributed by atoms with Crippen LogP contribution in [-0.2, 0) is 16.6 Å². The lowest BCUT2D eigenvalue weighted by Crippen LogP contribution is -2.65. The van der Waals surface area contributed by atoms with Gasteiger partial charge in [-0.15, -0.1) is 0 Å². The SMILES string of the molecule is CCC(C)C1NC(=O)C(CC)N(c2cnn(C)c2)C1=O. The first-order chi connectivity index (χ1) is 9.49. The molecule has 1 aliphatic heterocycles. The molecule has 0 aliphatic carbocycles. The van der Waals surface area contributed by atoms with E-state index in [9.17, 15) is 9.59 Å². The predicted octanol–water partition coefficient (Wildman–Crippen LogP) is 1.08. The molecule has 0 bridgehead atoms. The molecular weight excluding hydrogens is 256 g/mol. The zero-order chi connectivity index (χ0) is 14.9. The van der Waals surface area contributed by atoms with Crippen LogP contribution >= 0.6 is 0 Å². The second-order valence-corrected chi connectivity index (χ2v) is 5.38. The van der Waals surface area contributed by atoms with Crippen molar-refractivity contribution >= 4 is 17.5 Å². The lowest BCUT2D eigenvalue weighted by Gasteiger charge is -2.39. The van der Waals surface area contributed by atoms with E-state index in [2.05, 4.69) is 10.4 Å². The highest BCUT2D eigenvalue weighted by molar-refractivity contribution is 6.08. The molecule has 6 heteroatoms. The zero-order valence-electron chi connectivity index (χ0n) is 12.5. The van der Waals surface area contributed by atoms with Gasteiger partial charge in [0, 0.05) is 13.2 Å². The number of anilines is 1. The van der Waals surface area contributed by atoms with E-state index >= 15 is 0 Å². The van der Waals surface area contributed by atoms with Crippen LogP contribution in [0.15, 0.2) is 12.4 Å². The van der Waals surface area contributed by atoms with Crippen LogP contribution in [0, 0.1) is 5.92 Å². The van der Waals surface area contributed by atoms with Crippen LogP contribution in [0.25, 0.3) is 0 Å². The number of aromatic nitrogens is 2. The van der Waals surface area contributed by atoms with Crippen molar-refractivity contribution in [3.05, 3.63) is 12.4 Å². The normalized spacial score (nSPS) is 24.7. The molecule has 20 heavy (non-hydrogen) atoms. The fraction of sp³-hybridized carbons (Fsp3) is 0.643. The topological polar surface area (TPSA) is 67.2 Å². The summed E-state index contributed by atoms with van der Waals surface area (Å²) in [5, 5.41) is 6.97. The number of carbonyl (C=O) groups excluding carboxylic acids is 2. The Balaban J connectivity index is 2.37. The Morgan fingerprint density at radius 1 is 1.40 bits per heavy atom. The molecule has 6 nitrogen and oxygen atoms in total. The molecule has 0 aromatic carbocycles. The molecule has 3 atom stereocenters. The summed E-state index contributed by atoms with van der Waals surface area (Å²) < 4.78 is 1.64. The predicted molar refractivity (Wildman–Crippen MR) is 76.2 cm³/mol. The maximum Gasteiger partial charge on any atom is 0.250 e. The van der Waals surface area contributed by atoms with Crippen LogP contribution in [0.5, 0.6) is 0 Å². The highest BCUT2D eigenvalue weighted by Crippen LogP contribution is 2.25. The van der Waals surface area contributed by atoms with Crippen LogP contribution in [0.4, 0.5) is 5.69 Å². The second kappa shape index (κ2) is 5.64. The Morgan fingerprint density at radius 3 is 2.60 bits per heavy atom. The smallest absolute Gasteiger partial charge is 0.250 e. The molecule has 1 N–H and O–H groups in total. The average Bonchev–Trinajstić information content (AvgIpc) is 2.85. The van der Waals surface area contributed by atoms with Crippen molar-refractivity contribution in [1.82, 2.24) is 15.1 Å². The number of amides is 2. The molecule has 1 aromatic heterocycles. The number of carbonyl (C=O) groups is 2. The Kier molecular flexibility index (Phi) is 4.11. The van der Waals surface area contributed by atoms with Gasteiger partial charge in [0.1, 0.15) is 12.1 Å². The summed E-state index contributed by atoms with van der Waals surface area (Å²) in [5.41, 5.74) is 0.688. The molecule has 2 amide bonds. The van der Waals surface area contributed by atoms with E-state index in [1.807, 2.05) is 20.8 Å². The van der Waals surface area contributed by atoms with Gasteiger partial charge in [0.2, 0.25) is 5.91 Å². The van der Waals surface area contributed by atoms with Gasteiger partial charge in [0.15, 0.2) is 0 Å². The first-order valence-electron chi connectivity index (χ1n) is 7.11. The molecule has 2 rings (SSSR count). The summed E-state index contributed by atoms with van der Waals surface area (Å²) in [6.07, 6.45) is 4.83. The van der Waals surface area contributed by atoms with Crippen molar-refractivity contribution in [2.24, 2.45) is 13.0 Å². The molecule has 1 aromatic rings. The molecule has 0 saturated carbocycles. The number of nitrogens with one attached hydrogen (secondary N) is 1. The molecule has 1 saturated heterocycles. The highest BCUT2D eigenvalue weighted by atomic mass is 16.2. The molecule has 110 valence electrons. The van der Waals surface area contributed by atoms with E-state index < -0.39 is 12.1 Å². The van der Waals surface area contributed by atoms with E-state index in [0.29, 0.717) is 12.1 Å². The molecule has 0 spiro atoms. The van der Waals surface area contributed by atoms with Crippen LogP contribution in [0.2, 0.25) is 0 Å². The fourth-order valence-electron chi connectivity index (χ4n) is 2.56. The zero-order valence-corrected chi connectivity index (χ0v) is 12.5. The van der Waals surface area contributed by atoms with Crippen molar-refractivity contribution in [3.8, 4) is 0 Å². The molecule has 1 fully saturated rings. The van der Waals surface area contributed by atoms with E-state index in [-0.39, 0.29) is 17.7 Å². The van der Waals surface area contributed by atoms with Gasteiger partial charge in [-0.1, -0.05) is 27.2 Å². The van der Waals surface area contributed by atoms with Gasteiger partial charge in [0.25, 0.3) is 5.91 Å². The minimum absolute atomic E-state index is 0.0428. The maximum atomic E-state index is 12.7. The number of piperazine rings is 1. The van der Waals surface area contributed by atoms with Gasteiger partial charge in [-0.25, -0.2) is 0 Å². The van der Waals surface area contributed by atoms with Gasteiger partial charge < -0.3 is 5.32 Å². The highest BCUT2D eigenvalue weighted by Gasteiger charge is 2.42. The van der Waals surface area contributed by atoms with Crippen molar-refractivity contribution < 1.29 is 9.59 Å². The Bertz CT molecular complexity index is 511. The second-order valence-electron chi connectivity index (χ2n) is 5.38. The third-order valence-corrected chi connectivity index (χ3v) is 3.98. The number of hydrogen-bond acceptors (Lipinski definition) is 3. The van der Waals surface area contributed by atoms with Crippen molar-refractivity contribution in [2.45, 2.75) is 45.7 Å². The van der Waals surface area contributed by atoms with Gasteiger partial charge in [-0.2, -0.15) is 5.10 Å². The first-order valence-corrected chi connectivity index (χ1v) is 7.11. The summed E-state index contributed by atoms with van der Waals surface area (Å²) in [4.78, 5) is 26.6. The molecule has 2 heterocycles. The first kappa shape index (κ1) is 14.6. The fourth-order valence-corrected chi connectivity index (χ4v) is 2.56. The maximum absolute atomic E-state index is 12.7. The minimum atomic E-state index is -0.452. The van der Waals surface area contributed by atoms with Crippen LogP contribution in [0.3, 0.4) is 0 Å². The Hall–Kier alpha value is -1.85. The van der Waals surface area contributed by atoms with E-state index in [0.717, 1.165) is 6.42 Å². The molecular formula is C14H22N4O2. The van der Waals surface area contributed by atoms with E-state index in [1.54, 1.807) is 29.0 Å². The van der Waals surface area contributed by atoms with Crippen LogP contribution in [0.1, 0.15) is 33.6 Å². The minimum Gasteiger partial charge on any atom is -0.342 e. The van der Waals surface area contributed by atoms with Crippen molar-refractivity contribution in [1.29, 1.82) is 0 Å². The van der Waals surface area contributed by atoms with Gasteiger partial charge in [-0.3, -0.25) is 19.2 Å².